The minimum absolute atomic E-state index is 0.249. The number of fused-ring (bicyclic) bond motifs is 1. The van der Waals surface area contributed by atoms with E-state index in [4.69, 9.17) is 19.9 Å². The Morgan fingerprint density at radius 1 is 1.13 bits per heavy atom. The highest BCUT2D eigenvalue weighted by molar-refractivity contribution is 7.21. The first-order valence-electron chi connectivity index (χ1n) is 9.15. The van der Waals surface area contributed by atoms with Crippen molar-refractivity contribution in [3.05, 3.63) is 46.0 Å². The summed E-state index contributed by atoms with van der Waals surface area (Å²) in [4.78, 5) is 29.9. The Morgan fingerprint density at radius 3 is 2.57 bits per heavy atom. The van der Waals surface area contributed by atoms with Gasteiger partial charge in [-0.2, -0.15) is 0 Å². The van der Waals surface area contributed by atoms with Crippen LogP contribution in [0.1, 0.15) is 26.5 Å². The van der Waals surface area contributed by atoms with Crippen LogP contribution in [-0.4, -0.2) is 37.7 Å². The molecule has 0 aliphatic heterocycles. The van der Waals surface area contributed by atoms with Crippen molar-refractivity contribution >= 4 is 39.1 Å². The summed E-state index contributed by atoms with van der Waals surface area (Å²) >= 11 is 1.16. The lowest BCUT2D eigenvalue weighted by atomic mass is 10.1. The Balaban J connectivity index is 1.60. The fraction of sp³-hybridized carbons (Fsp3) is 0.286. The highest BCUT2D eigenvalue weighted by Crippen LogP contribution is 2.35. The lowest BCUT2D eigenvalue weighted by Crippen LogP contribution is -2.28. The zero-order valence-electron chi connectivity index (χ0n) is 17.2. The van der Waals surface area contributed by atoms with Gasteiger partial charge in [-0.25, -0.2) is 9.78 Å². The minimum atomic E-state index is -0.645. The van der Waals surface area contributed by atoms with E-state index in [1.54, 1.807) is 19.2 Å². The van der Waals surface area contributed by atoms with Crippen molar-refractivity contribution in [2.75, 3.05) is 26.6 Å². The molecule has 0 unspecified atom stereocenters. The van der Waals surface area contributed by atoms with Gasteiger partial charge in [0.25, 0.3) is 5.91 Å². The van der Waals surface area contributed by atoms with Gasteiger partial charge in [-0.15, -0.1) is 11.3 Å². The number of aromatic nitrogens is 1. The summed E-state index contributed by atoms with van der Waals surface area (Å²) in [6.45, 7) is 3.63. The fourth-order valence-corrected chi connectivity index (χ4v) is 4.17. The topological polar surface area (TPSA) is 113 Å². The molecule has 3 aromatic rings. The van der Waals surface area contributed by atoms with E-state index in [-0.39, 0.29) is 11.4 Å². The molecule has 0 aliphatic rings. The van der Waals surface area contributed by atoms with Gasteiger partial charge >= 0.3 is 5.97 Å². The van der Waals surface area contributed by atoms with Crippen molar-refractivity contribution in [3.8, 4) is 11.5 Å². The summed E-state index contributed by atoms with van der Waals surface area (Å²) in [5, 5.41) is 3.45. The van der Waals surface area contributed by atoms with E-state index in [1.165, 1.54) is 7.11 Å². The number of nitrogens with zero attached hydrogens (tertiary/aromatic N) is 1. The predicted octanol–water partition coefficient (Wildman–Crippen LogP) is 2.99. The summed E-state index contributed by atoms with van der Waals surface area (Å²) in [7, 11) is 3.09. The van der Waals surface area contributed by atoms with Crippen molar-refractivity contribution < 1.29 is 23.8 Å². The number of hydrogen-bond donors (Lipinski definition) is 2. The number of anilines is 1. The van der Waals surface area contributed by atoms with Gasteiger partial charge in [-0.3, -0.25) is 4.79 Å². The number of nitrogen functional groups attached to an aromatic ring is 1. The molecule has 2 heterocycles. The minimum Gasteiger partial charge on any atom is -0.493 e. The standard InChI is InChI=1S/C21H23N3O5S/c1-11-7-12(2)24-20-17(11)18(22)19(30-20)21(26)29-10-16(25)23-9-13-5-6-14(27-3)15(8-13)28-4/h5-8H,9-10,22H2,1-4H3,(H,23,25). The van der Waals surface area contributed by atoms with E-state index in [2.05, 4.69) is 10.3 Å². The molecule has 8 nitrogen and oxygen atoms in total. The van der Waals surface area contributed by atoms with Gasteiger partial charge in [-0.05, 0) is 43.2 Å². The molecule has 0 bridgehead atoms. The highest BCUT2D eigenvalue weighted by atomic mass is 32.1. The molecule has 0 saturated carbocycles. The number of pyridine rings is 1. The first kappa shape index (κ1) is 21.4. The maximum atomic E-state index is 12.4. The van der Waals surface area contributed by atoms with Crippen LogP contribution in [0.5, 0.6) is 11.5 Å². The number of methoxy groups -OCH3 is 2. The van der Waals surface area contributed by atoms with Gasteiger partial charge in [0.1, 0.15) is 9.71 Å². The zero-order valence-corrected chi connectivity index (χ0v) is 18.0. The number of hydrogen-bond acceptors (Lipinski definition) is 8. The lowest BCUT2D eigenvalue weighted by molar-refractivity contribution is -0.124. The average Bonchev–Trinajstić information content (AvgIpc) is 3.06. The van der Waals surface area contributed by atoms with E-state index in [0.29, 0.717) is 22.0 Å². The second-order valence-electron chi connectivity index (χ2n) is 6.65. The molecule has 0 fully saturated rings. The normalized spacial score (nSPS) is 10.7. The third-order valence-corrected chi connectivity index (χ3v) is 5.56. The number of ether oxygens (including phenoxy) is 3. The van der Waals surface area contributed by atoms with Crippen LogP contribution in [-0.2, 0) is 16.1 Å². The molecule has 0 aliphatic carbocycles. The molecule has 0 spiro atoms. The lowest BCUT2D eigenvalue weighted by Gasteiger charge is -2.10. The van der Waals surface area contributed by atoms with Crippen molar-refractivity contribution in [2.24, 2.45) is 0 Å². The summed E-state index contributed by atoms with van der Waals surface area (Å²) in [5.74, 6) is 0.0918. The van der Waals surface area contributed by atoms with E-state index < -0.39 is 18.5 Å². The third-order valence-electron chi connectivity index (χ3n) is 4.48. The van der Waals surface area contributed by atoms with Crippen LogP contribution >= 0.6 is 11.3 Å². The summed E-state index contributed by atoms with van der Waals surface area (Å²) in [5.41, 5.74) is 9.06. The van der Waals surface area contributed by atoms with Crippen LogP contribution in [0, 0.1) is 13.8 Å². The Morgan fingerprint density at radius 2 is 1.87 bits per heavy atom. The number of rotatable bonds is 7. The van der Waals surface area contributed by atoms with Gasteiger partial charge in [0.05, 0.1) is 19.9 Å². The van der Waals surface area contributed by atoms with E-state index in [9.17, 15) is 9.59 Å². The van der Waals surface area contributed by atoms with Crippen LogP contribution in [0.4, 0.5) is 5.69 Å². The number of aryl methyl sites for hydroxylation is 2. The monoisotopic (exact) mass is 429 g/mol. The molecule has 1 aromatic carbocycles. The SMILES string of the molecule is COc1ccc(CNC(=O)COC(=O)c2sc3nc(C)cc(C)c3c2N)cc1OC. The first-order valence-corrected chi connectivity index (χ1v) is 9.96. The molecule has 2 aromatic heterocycles. The second kappa shape index (κ2) is 9.00. The number of thiophene rings is 1. The average molecular weight is 429 g/mol. The number of esters is 1. The summed E-state index contributed by atoms with van der Waals surface area (Å²) in [6, 6.07) is 7.23. The van der Waals surface area contributed by atoms with Crippen molar-refractivity contribution in [2.45, 2.75) is 20.4 Å². The summed E-state index contributed by atoms with van der Waals surface area (Å²) in [6.07, 6.45) is 0. The number of benzene rings is 1. The number of nitrogens with one attached hydrogen (secondary N) is 1. The van der Waals surface area contributed by atoms with Gasteiger partial charge in [-0.1, -0.05) is 6.07 Å². The zero-order chi connectivity index (χ0) is 21.8. The number of nitrogens with two attached hydrogens (primary N) is 1. The van der Waals surface area contributed by atoms with Gasteiger partial charge < -0.3 is 25.3 Å². The maximum absolute atomic E-state index is 12.4. The molecule has 0 atom stereocenters. The maximum Gasteiger partial charge on any atom is 0.351 e. The first-order chi connectivity index (χ1) is 14.3. The molecule has 158 valence electrons. The van der Waals surface area contributed by atoms with Crippen LogP contribution < -0.4 is 20.5 Å². The Labute approximate surface area is 178 Å². The van der Waals surface area contributed by atoms with Gasteiger partial charge in [0.2, 0.25) is 0 Å². The van der Waals surface area contributed by atoms with Gasteiger partial charge in [0, 0.05) is 17.6 Å². The van der Waals surface area contributed by atoms with Crippen molar-refractivity contribution in [1.82, 2.24) is 10.3 Å². The molecule has 30 heavy (non-hydrogen) atoms. The third kappa shape index (κ3) is 4.46. The fourth-order valence-electron chi connectivity index (χ4n) is 3.06. The molecule has 9 heteroatoms. The molecule has 3 rings (SSSR count). The Kier molecular flexibility index (Phi) is 6.41. The number of amides is 1. The van der Waals surface area contributed by atoms with E-state index >= 15 is 0 Å². The molecular formula is C21H23N3O5S. The quantitative estimate of drug-likeness (QED) is 0.555. The van der Waals surface area contributed by atoms with E-state index in [1.807, 2.05) is 26.0 Å². The van der Waals surface area contributed by atoms with Crippen LogP contribution in [0.2, 0.25) is 0 Å². The largest absolute Gasteiger partial charge is 0.493 e. The van der Waals surface area contributed by atoms with Gasteiger partial charge in [0.15, 0.2) is 18.1 Å². The van der Waals surface area contributed by atoms with Crippen LogP contribution in [0.3, 0.4) is 0 Å². The number of carbonyl (C=O) groups excluding carboxylic acids is 2. The smallest absolute Gasteiger partial charge is 0.351 e. The Hall–Kier alpha value is -3.33. The second-order valence-corrected chi connectivity index (χ2v) is 7.65. The molecule has 3 N–H and O–H groups in total. The van der Waals surface area contributed by atoms with E-state index in [0.717, 1.165) is 33.5 Å². The molecule has 1 amide bonds. The van der Waals surface area contributed by atoms with Crippen LogP contribution in [0.25, 0.3) is 10.2 Å². The Bertz CT molecular complexity index is 1110. The highest BCUT2D eigenvalue weighted by Gasteiger charge is 2.21. The van der Waals surface area contributed by atoms with Crippen molar-refractivity contribution in [1.29, 1.82) is 0 Å². The van der Waals surface area contributed by atoms with Crippen LogP contribution in [0.15, 0.2) is 24.3 Å². The molecule has 0 radical (unpaired) electrons. The number of carbonyl (C=O) groups is 2. The predicted molar refractivity (Wildman–Crippen MR) is 115 cm³/mol. The molecule has 0 saturated heterocycles. The molecular weight excluding hydrogens is 406 g/mol. The van der Waals surface area contributed by atoms with Crippen molar-refractivity contribution in [3.63, 3.8) is 0 Å². The summed E-state index contributed by atoms with van der Waals surface area (Å²) < 4.78 is 15.6.